The van der Waals surface area contributed by atoms with Crippen molar-refractivity contribution in [2.24, 2.45) is 0 Å². The smallest absolute Gasteiger partial charge is 0.276 e. The number of aryl methyl sites for hydroxylation is 1. The first-order chi connectivity index (χ1) is 16.0. The molecule has 33 heavy (non-hydrogen) atoms. The largest absolute Gasteiger partial charge is 0.320 e. The zero-order chi connectivity index (χ0) is 22.9. The summed E-state index contributed by atoms with van der Waals surface area (Å²) in [4.78, 5) is 29.0. The molecule has 1 amide bonds. The predicted octanol–water partition coefficient (Wildman–Crippen LogP) is 4.99. The number of hydrogen-bond acceptors (Lipinski definition) is 4. The maximum atomic E-state index is 12.7. The van der Waals surface area contributed by atoms with Crippen molar-refractivity contribution in [2.45, 2.75) is 6.92 Å². The van der Waals surface area contributed by atoms with E-state index >= 15 is 0 Å². The van der Waals surface area contributed by atoms with E-state index < -0.39 is 0 Å². The van der Waals surface area contributed by atoms with Crippen LogP contribution in [0.25, 0.3) is 27.7 Å². The van der Waals surface area contributed by atoms with Crippen LogP contribution >= 0.6 is 11.6 Å². The molecule has 2 aromatic carbocycles. The number of H-pyrrole nitrogens is 1. The van der Waals surface area contributed by atoms with Crippen LogP contribution < -0.4 is 10.9 Å². The van der Waals surface area contributed by atoms with Gasteiger partial charge >= 0.3 is 0 Å². The van der Waals surface area contributed by atoms with E-state index in [-0.39, 0.29) is 11.5 Å². The number of carbonyl (C=O) groups excluding carboxylic acids is 1. The third-order valence-corrected chi connectivity index (χ3v) is 5.71. The summed E-state index contributed by atoms with van der Waals surface area (Å²) in [6.45, 7) is 1.78. The van der Waals surface area contributed by atoms with E-state index in [1.54, 1.807) is 54.3 Å². The van der Waals surface area contributed by atoms with Gasteiger partial charge in [0.15, 0.2) is 5.69 Å². The number of nitrogens with zero attached hydrogens (tertiary/aromatic N) is 3. The summed E-state index contributed by atoms with van der Waals surface area (Å²) in [6.07, 6.45) is 4.93. The molecule has 5 rings (SSSR count). The van der Waals surface area contributed by atoms with Crippen LogP contribution in [-0.4, -0.2) is 25.7 Å². The van der Waals surface area contributed by atoms with Gasteiger partial charge in [-0.05, 0) is 55.0 Å². The molecule has 3 aromatic heterocycles. The fourth-order valence-corrected chi connectivity index (χ4v) is 3.96. The van der Waals surface area contributed by atoms with Gasteiger partial charge in [-0.25, -0.2) is 0 Å². The number of benzene rings is 2. The summed E-state index contributed by atoms with van der Waals surface area (Å²) in [6, 6.07) is 18.1. The monoisotopic (exact) mass is 455 g/mol. The van der Waals surface area contributed by atoms with Crippen LogP contribution in [0.2, 0.25) is 5.02 Å². The Hall–Kier alpha value is -4.23. The lowest BCUT2D eigenvalue weighted by molar-refractivity contribution is 0.102. The number of carbonyl (C=O) groups is 1. The highest BCUT2D eigenvalue weighted by Crippen LogP contribution is 2.32. The Bertz CT molecular complexity index is 1560. The number of fused-ring (bicyclic) bond motifs is 1. The lowest BCUT2D eigenvalue weighted by Gasteiger charge is -2.10. The highest BCUT2D eigenvalue weighted by atomic mass is 35.5. The van der Waals surface area contributed by atoms with Crippen molar-refractivity contribution in [1.82, 2.24) is 19.7 Å². The average molecular weight is 456 g/mol. The summed E-state index contributed by atoms with van der Waals surface area (Å²) < 4.78 is 1.57. The van der Waals surface area contributed by atoms with Crippen molar-refractivity contribution in [3.8, 4) is 16.8 Å². The van der Waals surface area contributed by atoms with Crippen LogP contribution in [-0.2, 0) is 0 Å². The molecule has 0 saturated carbocycles. The lowest BCUT2D eigenvalue weighted by atomic mass is 10.0. The highest BCUT2D eigenvalue weighted by Gasteiger charge is 2.16. The number of pyridine rings is 2. The molecule has 3 heterocycles. The lowest BCUT2D eigenvalue weighted by Crippen LogP contribution is -2.19. The third kappa shape index (κ3) is 3.90. The Kier molecular flexibility index (Phi) is 5.24. The molecule has 0 spiro atoms. The van der Waals surface area contributed by atoms with Crippen LogP contribution in [0.4, 0.5) is 5.69 Å². The van der Waals surface area contributed by atoms with Crippen LogP contribution in [0, 0.1) is 6.92 Å². The molecule has 0 radical (unpaired) electrons. The van der Waals surface area contributed by atoms with Crippen molar-refractivity contribution < 1.29 is 4.79 Å². The maximum Gasteiger partial charge on any atom is 0.276 e. The van der Waals surface area contributed by atoms with E-state index in [9.17, 15) is 9.59 Å². The molecule has 0 aliphatic rings. The number of anilines is 1. The summed E-state index contributed by atoms with van der Waals surface area (Å²) in [5.74, 6) is -0.314. The zero-order valence-corrected chi connectivity index (χ0v) is 18.3. The van der Waals surface area contributed by atoms with Crippen molar-refractivity contribution in [2.75, 3.05) is 5.32 Å². The van der Waals surface area contributed by atoms with E-state index in [0.29, 0.717) is 38.6 Å². The van der Waals surface area contributed by atoms with Crippen molar-refractivity contribution in [3.63, 3.8) is 0 Å². The quantitative estimate of drug-likeness (QED) is 0.399. The minimum atomic E-state index is -0.314. The van der Waals surface area contributed by atoms with Crippen LogP contribution in [0.5, 0.6) is 0 Å². The van der Waals surface area contributed by atoms with Crippen LogP contribution in [0.1, 0.15) is 16.1 Å². The molecule has 0 bridgehead atoms. The Labute approximate surface area is 193 Å². The summed E-state index contributed by atoms with van der Waals surface area (Å²) in [7, 11) is 0. The topological polar surface area (TPSA) is 92.7 Å². The number of hydrogen-bond donors (Lipinski definition) is 2. The Morgan fingerprint density at radius 2 is 1.88 bits per heavy atom. The molecule has 5 aromatic rings. The van der Waals surface area contributed by atoms with E-state index in [0.717, 1.165) is 11.1 Å². The molecular weight excluding hydrogens is 438 g/mol. The second kappa shape index (κ2) is 8.37. The molecule has 0 saturated heterocycles. The molecule has 0 fully saturated rings. The SMILES string of the molecule is Cc1cccn(-c2ccc(-c3ccc4c(C(=O)Nc5ccncc5)n[nH]c4c3)c(Cl)c2)c1=O. The molecule has 162 valence electrons. The van der Waals surface area contributed by atoms with E-state index in [2.05, 4.69) is 20.5 Å². The van der Waals surface area contributed by atoms with Gasteiger partial charge in [-0.2, -0.15) is 5.10 Å². The Morgan fingerprint density at radius 3 is 2.67 bits per heavy atom. The second-order valence-electron chi connectivity index (χ2n) is 7.55. The van der Waals surface area contributed by atoms with Crippen molar-refractivity contribution in [3.05, 3.63) is 106 Å². The van der Waals surface area contributed by atoms with Crippen LogP contribution in [0.3, 0.4) is 0 Å². The number of rotatable bonds is 4. The first-order valence-electron chi connectivity index (χ1n) is 10.2. The normalized spacial score (nSPS) is 11.0. The van der Waals surface area contributed by atoms with E-state index in [1.165, 1.54) is 0 Å². The molecule has 0 atom stereocenters. The summed E-state index contributed by atoms with van der Waals surface area (Å²) in [5, 5.41) is 11.1. The van der Waals surface area contributed by atoms with Gasteiger partial charge in [0.05, 0.1) is 16.2 Å². The maximum absolute atomic E-state index is 12.7. The number of amides is 1. The third-order valence-electron chi connectivity index (χ3n) is 5.40. The van der Waals surface area contributed by atoms with E-state index in [1.807, 2.05) is 36.4 Å². The fraction of sp³-hybridized carbons (Fsp3) is 0.0400. The van der Waals surface area contributed by atoms with E-state index in [4.69, 9.17) is 11.6 Å². The summed E-state index contributed by atoms with van der Waals surface area (Å²) >= 11 is 6.59. The first kappa shape index (κ1) is 20.7. The van der Waals surface area contributed by atoms with Gasteiger partial charge in [0, 0.05) is 40.8 Å². The molecule has 0 unspecified atom stereocenters. The molecule has 0 aliphatic heterocycles. The van der Waals surface area contributed by atoms with Gasteiger partial charge in [0.2, 0.25) is 0 Å². The first-order valence-corrected chi connectivity index (χ1v) is 10.6. The minimum absolute atomic E-state index is 0.0854. The zero-order valence-electron chi connectivity index (χ0n) is 17.5. The van der Waals surface area contributed by atoms with Gasteiger partial charge in [0.1, 0.15) is 0 Å². The Balaban J connectivity index is 1.47. The van der Waals surface area contributed by atoms with Crippen LogP contribution in [0.15, 0.2) is 84.0 Å². The Morgan fingerprint density at radius 1 is 1.06 bits per heavy atom. The number of aromatic amines is 1. The second-order valence-corrected chi connectivity index (χ2v) is 7.96. The molecule has 0 aliphatic carbocycles. The fourth-order valence-electron chi connectivity index (χ4n) is 3.68. The molecule has 7 nitrogen and oxygen atoms in total. The summed E-state index contributed by atoms with van der Waals surface area (Å²) in [5.41, 5.74) is 4.58. The number of aromatic nitrogens is 4. The molecule has 2 N–H and O–H groups in total. The van der Waals surface area contributed by atoms with Gasteiger partial charge in [-0.15, -0.1) is 0 Å². The minimum Gasteiger partial charge on any atom is -0.320 e. The molecule has 8 heteroatoms. The van der Waals surface area contributed by atoms with Gasteiger partial charge < -0.3 is 5.32 Å². The van der Waals surface area contributed by atoms with Gasteiger partial charge in [0.25, 0.3) is 11.5 Å². The average Bonchev–Trinajstić information content (AvgIpc) is 3.25. The highest BCUT2D eigenvalue weighted by molar-refractivity contribution is 6.33. The van der Waals surface area contributed by atoms with Gasteiger partial charge in [-0.1, -0.05) is 29.8 Å². The standard InChI is InChI=1S/C25H18ClN5O2/c1-15-3-2-12-31(25(15)33)18-5-7-19(21(26)14-18)16-4-6-20-22(13-16)29-30-23(20)24(32)28-17-8-10-27-11-9-17/h2-14H,1H3,(H,29,30)(H,27,28,32). The predicted molar refractivity (Wildman–Crippen MR) is 129 cm³/mol. The van der Waals surface area contributed by atoms with Gasteiger partial charge in [-0.3, -0.25) is 24.2 Å². The van der Waals surface area contributed by atoms with Crippen molar-refractivity contribution >= 4 is 34.1 Å². The molecular formula is C25H18ClN5O2. The van der Waals surface area contributed by atoms with Crippen molar-refractivity contribution in [1.29, 1.82) is 0 Å². The number of nitrogens with one attached hydrogen (secondary N) is 2. The number of halogens is 1.